The van der Waals surface area contributed by atoms with E-state index in [4.69, 9.17) is 4.74 Å². The Morgan fingerprint density at radius 3 is 2.56 bits per heavy atom. The van der Waals surface area contributed by atoms with Crippen molar-refractivity contribution in [2.45, 2.75) is 26.3 Å². The van der Waals surface area contributed by atoms with Crippen LogP contribution in [0.1, 0.15) is 37.4 Å². The number of carbonyl (C=O) groups excluding carboxylic acids is 2. The molecule has 1 atom stereocenters. The van der Waals surface area contributed by atoms with Crippen molar-refractivity contribution in [1.29, 1.82) is 0 Å². The first-order valence-corrected chi connectivity index (χ1v) is 10.7. The van der Waals surface area contributed by atoms with Crippen LogP contribution in [0.4, 0.5) is 0 Å². The van der Waals surface area contributed by atoms with Crippen LogP contribution in [-0.2, 0) is 9.59 Å². The van der Waals surface area contributed by atoms with Crippen molar-refractivity contribution in [3.8, 4) is 11.5 Å². The number of likely N-dealkylation sites (tertiary alicyclic amines) is 1. The lowest BCUT2D eigenvalue weighted by Crippen LogP contribution is -2.33. The second-order valence-electron chi connectivity index (χ2n) is 7.54. The molecule has 8 heteroatoms. The Bertz CT molecular complexity index is 1000. The Kier molecular flexibility index (Phi) is 7.48. The number of ether oxygens (including phenoxy) is 1. The molecule has 0 bridgehead atoms. The first-order valence-electron chi connectivity index (χ1n) is 10.7. The minimum Gasteiger partial charge on any atom is -0.507 e. The molecule has 1 fully saturated rings. The average molecular weight is 440 g/mol. The number of phenolic OH excluding ortho intramolecular Hbond substituents is 1. The van der Waals surface area contributed by atoms with Gasteiger partial charge in [0, 0.05) is 25.0 Å². The molecule has 2 N–H and O–H groups in total. The van der Waals surface area contributed by atoms with Crippen molar-refractivity contribution in [1.82, 2.24) is 14.8 Å². The number of aromatic hydroxyl groups is 1. The zero-order valence-corrected chi connectivity index (χ0v) is 18.6. The third kappa shape index (κ3) is 4.60. The smallest absolute Gasteiger partial charge is 0.295 e. The van der Waals surface area contributed by atoms with Crippen molar-refractivity contribution >= 4 is 17.4 Å². The van der Waals surface area contributed by atoms with Crippen molar-refractivity contribution in [2.75, 3.05) is 33.3 Å². The first kappa shape index (κ1) is 23.3. The molecule has 0 saturated carbocycles. The molecule has 1 unspecified atom stereocenters. The van der Waals surface area contributed by atoms with E-state index in [2.05, 4.69) is 23.7 Å². The maximum absolute atomic E-state index is 13.0. The van der Waals surface area contributed by atoms with E-state index in [1.165, 1.54) is 24.1 Å². The number of rotatable bonds is 9. The molecular formula is C24H29N3O5. The van der Waals surface area contributed by atoms with E-state index < -0.39 is 23.5 Å². The lowest BCUT2D eigenvalue weighted by Gasteiger charge is -2.26. The van der Waals surface area contributed by atoms with Crippen molar-refractivity contribution in [3.63, 3.8) is 0 Å². The fourth-order valence-electron chi connectivity index (χ4n) is 3.98. The van der Waals surface area contributed by atoms with Gasteiger partial charge < -0.3 is 24.7 Å². The molecule has 1 aromatic carbocycles. The number of ketones is 1. The van der Waals surface area contributed by atoms with Gasteiger partial charge in [-0.15, -0.1) is 0 Å². The number of nitrogens with zero attached hydrogens (tertiary/aromatic N) is 3. The van der Waals surface area contributed by atoms with Crippen LogP contribution in [0.15, 0.2) is 48.3 Å². The number of pyridine rings is 1. The van der Waals surface area contributed by atoms with Gasteiger partial charge in [0.25, 0.3) is 11.7 Å². The molecule has 1 saturated heterocycles. The number of aliphatic hydroxyl groups is 1. The fraction of sp³-hybridized carbons (Fsp3) is 0.375. The molecule has 0 radical (unpaired) electrons. The zero-order chi connectivity index (χ0) is 23.3. The molecular weight excluding hydrogens is 410 g/mol. The molecule has 170 valence electrons. The number of benzene rings is 1. The molecule has 1 aliphatic heterocycles. The van der Waals surface area contributed by atoms with E-state index in [1.54, 1.807) is 30.6 Å². The van der Waals surface area contributed by atoms with E-state index >= 15 is 0 Å². The molecule has 2 aromatic rings. The number of aromatic nitrogens is 1. The maximum atomic E-state index is 13.0. The molecule has 2 heterocycles. The number of phenols is 1. The van der Waals surface area contributed by atoms with Crippen LogP contribution < -0.4 is 4.74 Å². The van der Waals surface area contributed by atoms with Gasteiger partial charge in [-0.2, -0.15) is 0 Å². The Labute approximate surface area is 187 Å². The van der Waals surface area contributed by atoms with Gasteiger partial charge in [0.1, 0.15) is 17.3 Å². The van der Waals surface area contributed by atoms with Gasteiger partial charge >= 0.3 is 0 Å². The summed E-state index contributed by atoms with van der Waals surface area (Å²) in [5.41, 5.74) is 0.608. The van der Waals surface area contributed by atoms with E-state index in [0.29, 0.717) is 24.3 Å². The molecule has 1 amide bonds. The van der Waals surface area contributed by atoms with Crippen molar-refractivity contribution in [2.24, 2.45) is 0 Å². The van der Waals surface area contributed by atoms with E-state index in [-0.39, 0.29) is 16.9 Å². The van der Waals surface area contributed by atoms with Crippen LogP contribution >= 0.6 is 0 Å². The van der Waals surface area contributed by atoms with Crippen LogP contribution in [0.2, 0.25) is 0 Å². The highest BCUT2D eigenvalue weighted by Crippen LogP contribution is 2.41. The third-order valence-electron chi connectivity index (χ3n) is 5.77. The number of aliphatic hydroxyl groups excluding tert-OH is 1. The minimum absolute atomic E-state index is 0.0563. The van der Waals surface area contributed by atoms with E-state index in [1.807, 2.05) is 0 Å². The Morgan fingerprint density at radius 1 is 1.22 bits per heavy atom. The van der Waals surface area contributed by atoms with Gasteiger partial charge in [-0.05, 0) is 49.8 Å². The number of hydrogen-bond acceptors (Lipinski definition) is 7. The molecule has 3 rings (SSSR count). The fourth-order valence-corrected chi connectivity index (χ4v) is 3.98. The summed E-state index contributed by atoms with van der Waals surface area (Å²) in [4.78, 5) is 33.8. The zero-order valence-electron chi connectivity index (χ0n) is 18.6. The number of Topliss-reactive ketones (excluding diaryl/α,β-unsaturated/α-hetero) is 1. The number of hydrogen-bond donors (Lipinski definition) is 2. The van der Waals surface area contributed by atoms with E-state index in [0.717, 1.165) is 19.6 Å². The minimum atomic E-state index is -0.790. The summed E-state index contributed by atoms with van der Waals surface area (Å²) in [5.74, 6) is -1.73. The largest absolute Gasteiger partial charge is 0.507 e. The highest BCUT2D eigenvalue weighted by Gasteiger charge is 2.46. The molecule has 0 spiro atoms. The summed E-state index contributed by atoms with van der Waals surface area (Å²) >= 11 is 0. The van der Waals surface area contributed by atoms with Gasteiger partial charge in [-0.3, -0.25) is 14.6 Å². The summed E-state index contributed by atoms with van der Waals surface area (Å²) in [7, 11) is 1.46. The third-order valence-corrected chi connectivity index (χ3v) is 5.77. The Morgan fingerprint density at radius 2 is 1.97 bits per heavy atom. The van der Waals surface area contributed by atoms with Crippen LogP contribution in [0.25, 0.3) is 5.76 Å². The SMILES string of the molecule is CCN(CC)CCCN1C(=O)C(=O)C(=C(O)c2ccc(OC)cc2O)C1c1cccnc1. The van der Waals surface area contributed by atoms with Crippen LogP contribution in [0, 0.1) is 0 Å². The number of amides is 1. The molecule has 8 nitrogen and oxygen atoms in total. The lowest BCUT2D eigenvalue weighted by atomic mass is 9.96. The lowest BCUT2D eigenvalue weighted by molar-refractivity contribution is -0.140. The van der Waals surface area contributed by atoms with Crippen LogP contribution in [0.5, 0.6) is 11.5 Å². The van der Waals surface area contributed by atoms with Crippen molar-refractivity contribution in [3.05, 3.63) is 59.4 Å². The van der Waals surface area contributed by atoms with Gasteiger partial charge in [0.05, 0.1) is 24.3 Å². The van der Waals surface area contributed by atoms with Gasteiger partial charge in [0.2, 0.25) is 0 Å². The maximum Gasteiger partial charge on any atom is 0.295 e. The molecule has 0 aliphatic carbocycles. The second kappa shape index (κ2) is 10.3. The average Bonchev–Trinajstić information content (AvgIpc) is 3.06. The quantitative estimate of drug-likeness (QED) is 0.352. The molecule has 1 aliphatic rings. The summed E-state index contributed by atoms with van der Waals surface area (Å²) in [6, 6.07) is 7.06. The standard InChI is InChI=1S/C24H29N3O5/c1-4-26(5-2)12-7-13-27-21(16-8-6-11-25-15-16)20(23(30)24(27)31)22(29)18-10-9-17(32-3)14-19(18)28/h6,8-11,14-15,21,28-29H,4-5,7,12-13H2,1-3H3. The summed E-state index contributed by atoms with van der Waals surface area (Å²) in [6.07, 6.45) is 3.86. The Hall–Kier alpha value is -3.39. The predicted molar refractivity (Wildman–Crippen MR) is 120 cm³/mol. The monoisotopic (exact) mass is 439 g/mol. The molecule has 32 heavy (non-hydrogen) atoms. The molecule has 1 aromatic heterocycles. The topological polar surface area (TPSA) is 103 Å². The van der Waals surface area contributed by atoms with Crippen LogP contribution in [0.3, 0.4) is 0 Å². The normalized spacial score (nSPS) is 17.9. The highest BCUT2D eigenvalue weighted by molar-refractivity contribution is 6.46. The van der Waals surface area contributed by atoms with E-state index in [9.17, 15) is 19.8 Å². The summed E-state index contributed by atoms with van der Waals surface area (Å²) < 4.78 is 5.08. The highest BCUT2D eigenvalue weighted by atomic mass is 16.5. The van der Waals surface area contributed by atoms with Crippen LogP contribution in [-0.4, -0.2) is 70.0 Å². The number of carbonyl (C=O) groups is 2. The number of methoxy groups -OCH3 is 1. The second-order valence-corrected chi connectivity index (χ2v) is 7.54. The summed E-state index contributed by atoms with van der Waals surface area (Å²) in [6.45, 7) is 7.09. The van der Waals surface area contributed by atoms with Gasteiger partial charge in [-0.25, -0.2) is 0 Å². The first-order chi connectivity index (χ1) is 15.4. The van der Waals surface area contributed by atoms with Crippen molar-refractivity contribution < 1.29 is 24.5 Å². The van der Waals surface area contributed by atoms with Gasteiger partial charge in [0.15, 0.2) is 0 Å². The predicted octanol–water partition coefficient (Wildman–Crippen LogP) is 2.95. The summed E-state index contributed by atoms with van der Waals surface area (Å²) in [5, 5.41) is 21.4. The van der Waals surface area contributed by atoms with Gasteiger partial charge in [-0.1, -0.05) is 19.9 Å². The Balaban J connectivity index is 2.03.